The molecule has 1 aliphatic rings. The number of nitrogens with zero attached hydrogens (tertiary/aromatic N) is 1. The monoisotopic (exact) mass is 294 g/mol. The number of methoxy groups -OCH3 is 1. The van der Waals surface area contributed by atoms with E-state index < -0.39 is 0 Å². The summed E-state index contributed by atoms with van der Waals surface area (Å²) in [6.07, 6.45) is 1.54. The molecular weight excluding hydrogens is 264 g/mol. The topological polar surface area (TPSA) is 37.6 Å². The molecule has 4 heteroatoms. The molecule has 0 amide bonds. The van der Waals surface area contributed by atoms with Gasteiger partial charge in [-0.05, 0) is 37.4 Å². The predicted octanol–water partition coefficient (Wildman–Crippen LogP) is 2.94. The maximum absolute atomic E-state index is 6.02. The van der Waals surface area contributed by atoms with Crippen molar-refractivity contribution in [2.75, 3.05) is 20.2 Å². The number of hydrogen-bond acceptors (Lipinski definition) is 4. The fraction of sp³-hybridized carbons (Fsp3) is 0.765. The summed E-state index contributed by atoms with van der Waals surface area (Å²) in [4.78, 5) is 2.44. The summed E-state index contributed by atoms with van der Waals surface area (Å²) in [5, 5.41) is 3.41. The van der Waals surface area contributed by atoms with E-state index in [9.17, 15) is 0 Å². The lowest BCUT2D eigenvalue weighted by atomic mass is 9.96. The van der Waals surface area contributed by atoms with E-state index in [1.807, 2.05) is 7.11 Å². The van der Waals surface area contributed by atoms with Crippen LogP contribution >= 0.6 is 0 Å². The maximum atomic E-state index is 6.02. The molecule has 2 rings (SSSR count). The van der Waals surface area contributed by atoms with Crippen LogP contribution in [-0.4, -0.2) is 37.2 Å². The third kappa shape index (κ3) is 4.56. The van der Waals surface area contributed by atoms with Crippen molar-refractivity contribution in [2.45, 2.75) is 59.4 Å². The maximum Gasteiger partial charge on any atom is 0.120 e. The highest BCUT2D eigenvalue weighted by Gasteiger charge is 2.26. The summed E-state index contributed by atoms with van der Waals surface area (Å²) >= 11 is 0. The van der Waals surface area contributed by atoms with E-state index in [1.165, 1.54) is 12.0 Å². The fourth-order valence-corrected chi connectivity index (χ4v) is 2.91. The number of piperidine rings is 1. The van der Waals surface area contributed by atoms with Crippen molar-refractivity contribution >= 4 is 0 Å². The molecule has 1 aromatic heterocycles. The van der Waals surface area contributed by atoms with E-state index in [0.717, 1.165) is 37.7 Å². The van der Waals surface area contributed by atoms with Crippen LogP contribution in [0.2, 0.25) is 0 Å². The first-order valence-electron chi connectivity index (χ1n) is 8.06. The third-order valence-electron chi connectivity index (χ3n) is 4.40. The molecule has 1 aliphatic heterocycles. The van der Waals surface area contributed by atoms with Gasteiger partial charge in [0.1, 0.15) is 11.5 Å². The highest BCUT2D eigenvalue weighted by molar-refractivity contribution is 5.20. The molecule has 21 heavy (non-hydrogen) atoms. The highest BCUT2D eigenvalue weighted by Crippen LogP contribution is 2.22. The van der Waals surface area contributed by atoms with E-state index in [4.69, 9.17) is 9.15 Å². The Bertz CT molecular complexity index is 442. The van der Waals surface area contributed by atoms with E-state index in [1.54, 1.807) is 0 Å². The Morgan fingerprint density at radius 2 is 2.24 bits per heavy atom. The molecule has 0 spiro atoms. The first-order valence-corrected chi connectivity index (χ1v) is 8.06. The molecule has 0 bridgehead atoms. The Balaban J connectivity index is 1.92. The van der Waals surface area contributed by atoms with Crippen molar-refractivity contribution in [3.05, 3.63) is 23.2 Å². The van der Waals surface area contributed by atoms with Crippen molar-refractivity contribution in [3.8, 4) is 0 Å². The SMILES string of the molecule is COC1CN(Cc2cc(C)c(CNC(C)C)o2)CCC1C. The molecule has 2 atom stereocenters. The number of furan rings is 1. The van der Waals surface area contributed by atoms with Gasteiger partial charge in [-0.2, -0.15) is 0 Å². The van der Waals surface area contributed by atoms with E-state index >= 15 is 0 Å². The number of ether oxygens (including phenoxy) is 1. The van der Waals surface area contributed by atoms with Gasteiger partial charge in [0.05, 0.1) is 19.2 Å². The molecule has 0 saturated carbocycles. The van der Waals surface area contributed by atoms with Crippen molar-refractivity contribution in [2.24, 2.45) is 5.92 Å². The highest BCUT2D eigenvalue weighted by atomic mass is 16.5. The summed E-state index contributed by atoms with van der Waals surface area (Å²) in [5.74, 6) is 2.78. The molecule has 1 fully saturated rings. The number of aryl methyl sites for hydroxylation is 1. The number of nitrogens with one attached hydrogen (secondary N) is 1. The normalized spacial score (nSPS) is 23.9. The van der Waals surface area contributed by atoms with Crippen LogP contribution in [0.5, 0.6) is 0 Å². The van der Waals surface area contributed by atoms with Gasteiger partial charge in [0.15, 0.2) is 0 Å². The second-order valence-corrected chi connectivity index (χ2v) is 6.63. The van der Waals surface area contributed by atoms with E-state index in [-0.39, 0.29) is 0 Å². The summed E-state index contributed by atoms with van der Waals surface area (Å²) in [7, 11) is 1.82. The van der Waals surface area contributed by atoms with Crippen molar-refractivity contribution in [1.82, 2.24) is 10.2 Å². The minimum atomic E-state index is 0.344. The van der Waals surface area contributed by atoms with Gasteiger partial charge in [-0.3, -0.25) is 4.90 Å². The quantitative estimate of drug-likeness (QED) is 0.875. The van der Waals surface area contributed by atoms with Crippen LogP contribution in [0.3, 0.4) is 0 Å². The van der Waals surface area contributed by atoms with Gasteiger partial charge in [0, 0.05) is 19.7 Å². The number of rotatable bonds is 6. The fourth-order valence-electron chi connectivity index (χ4n) is 2.91. The second kappa shape index (κ2) is 7.43. The number of hydrogen-bond donors (Lipinski definition) is 1. The van der Waals surface area contributed by atoms with Crippen LogP contribution in [0.1, 0.15) is 44.3 Å². The standard InChI is InChI=1S/C17H30N2O2/c1-12(2)18-9-16-14(4)8-15(21-16)10-19-7-6-13(3)17(11-19)20-5/h8,12-13,17-18H,6-7,9-11H2,1-5H3. The van der Waals surface area contributed by atoms with Gasteiger partial charge in [0.25, 0.3) is 0 Å². The molecule has 120 valence electrons. The van der Waals surface area contributed by atoms with Crippen molar-refractivity contribution in [3.63, 3.8) is 0 Å². The molecule has 0 radical (unpaired) electrons. The lowest BCUT2D eigenvalue weighted by Crippen LogP contribution is -2.43. The van der Waals surface area contributed by atoms with Crippen LogP contribution in [-0.2, 0) is 17.8 Å². The molecule has 2 unspecified atom stereocenters. The molecule has 4 nitrogen and oxygen atoms in total. The van der Waals surface area contributed by atoms with Crippen LogP contribution in [0.25, 0.3) is 0 Å². The van der Waals surface area contributed by atoms with E-state index in [2.05, 4.69) is 44.0 Å². The average molecular weight is 294 g/mol. The van der Waals surface area contributed by atoms with Gasteiger partial charge in [-0.25, -0.2) is 0 Å². The molecule has 1 saturated heterocycles. The Kier molecular flexibility index (Phi) is 5.85. The zero-order chi connectivity index (χ0) is 15.4. The van der Waals surface area contributed by atoms with Gasteiger partial charge < -0.3 is 14.5 Å². The Labute approximate surface area is 128 Å². The largest absolute Gasteiger partial charge is 0.463 e. The molecule has 1 aromatic rings. The third-order valence-corrected chi connectivity index (χ3v) is 4.40. The minimum Gasteiger partial charge on any atom is -0.463 e. The number of likely N-dealkylation sites (tertiary alicyclic amines) is 1. The van der Waals surface area contributed by atoms with Gasteiger partial charge in [-0.15, -0.1) is 0 Å². The van der Waals surface area contributed by atoms with Gasteiger partial charge >= 0.3 is 0 Å². The van der Waals surface area contributed by atoms with Crippen LogP contribution < -0.4 is 5.32 Å². The predicted molar refractivity (Wildman–Crippen MR) is 85.3 cm³/mol. The van der Waals surface area contributed by atoms with Gasteiger partial charge in [-0.1, -0.05) is 20.8 Å². The second-order valence-electron chi connectivity index (χ2n) is 6.63. The van der Waals surface area contributed by atoms with Gasteiger partial charge in [0.2, 0.25) is 0 Å². The lowest BCUT2D eigenvalue weighted by Gasteiger charge is -2.35. The summed E-state index contributed by atoms with van der Waals surface area (Å²) in [6, 6.07) is 2.65. The summed E-state index contributed by atoms with van der Waals surface area (Å²) in [6.45, 7) is 12.5. The lowest BCUT2D eigenvalue weighted by molar-refractivity contribution is -0.00925. The molecule has 1 N–H and O–H groups in total. The van der Waals surface area contributed by atoms with Crippen molar-refractivity contribution < 1.29 is 9.15 Å². The van der Waals surface area contributed by atoms with Crippen LogP contribution in [0.15, 0.2) is 10.5 Å². The molecule has 0 aromatic carbocycles. The molecular formula is C17H30N2O2. The first kappa shape index (κ1) is 16.5. The van der Waals surface area contributed by atoms with Crippen LogP contribution in [0, 0.1) is 12.8 Å². The zero-order valence-corrected chi connectivity index (χ0v) is 14.1. The summed E-state index contributed by atoms with van der Waals surface area (Å²) in [5.41, 5.74) is 1.24. The molecule has 0 aliphatic carbocycles. The van der Waals surface area contributed by atoms with Crippen molar-refractivity contribution in [1.29, 1.82) is 0 Å². The first-order chi connectivity index (χ1) is 9.99. The molecule has 2 heterocycles. The Morgan fingerprint density at radius 1 is 1.48 bits per heavy atom. The van der Waals surface area contributed by atoms with E-state index in [0.29, 0.717) is 18.1 Å². The minimum absolute atomic E-state index is 0.344. The Hall–Kier alpha value is -0.840. The summed E-state index contributed by atoms with van der Waals surface area (Å²) < 4.78 is 11.6. The Morgan fingerprint density at radius 3 is 2.90 bits per heavy atom. The average Bonchev–Trinajstić information content (AvgIpc) is 2.78. The zero-order valence-electron chi connectivity index (χ0n) is 14.1. The smallest absolute Gasteiger partial charge is 0.120 e. The van der Waals surface area contributed by atoms with Crippen LogP contribution in [0.4, 0.5) is 0 Å².